The molecule has 0 unspecified atom stereocenters. The molecule has 0 heterocycles. The van der Waals surface area contributed by atoms with Gasteiger partial charge in [-0.1, -0.05) is 105 Å². The molecule has 0 amide bonds. The summed E-state index contributed by atoms with van der Waals surface area (Å²) in [5.41, 5.74) is 0. The fourth-order valence-electron chi connectivity index (χ4n) is 11.5. The Balaban J connectivity index is 4.94. The predicted octanol–water partition coefficient (Wildman–Crippen LogP) is 25.4. The van der Waals surface area contributed by atoms with Gasteiger partial charge in [-0.25, -0.2) is 0 Å². The molecule has 1 heteroatoms. The van der Waals surface area contributed by atoms with E-state index in [1.807, 2.05) is 0 Å². The molecule has 0 aliphatic heterocycles. The zero-order chi connectivity index (χ0) is 46.9. The van der Waals surface area contributed by atoms with E-state index >= 15 is 0 Å². The fraction of sp³-hybridized carbons (Fsp3) is 1.00. The van der Waals surface area contributed by atoms with Crippen molar-refractivity contribution < 1.29 is 0 Å². The Hall–Kier alpha value is 0.799. The molecule has 0 aliphatic carbocycles. The molecule has 0 aromatic rings. The summed E-state index contributed by atoms with van der Waals surface area (Å²) in [4.78, 5) is 0. The van der Waals surface area contributed by atoms with Gasteiger partial charge in [-0.15, -0.1) is 0 Å². The van der Waals surface area contributed by atoms with E-state index in [2.05, 4.69) is 27.7 Å². The molecule has 392 valence electrons. The minimum Gasteiger partial charge on any atom is -0.0654 e. The molecule has 0 nitrogen and oxygen atoms in total. The van der Waals surface area contributed by atoms with Gasteiger partial charge >= 0.3 is 319 Å². The first-order chi connectivity index (χ1) is 32.2. The third-order valence-electron chi connectivity index (χ3n) is 16.2. The summed E-state index contributed by atoms with van der Waals surface area (Å²) in [6, 6.07) is 0. The van der Waals surface area contributed by atoms with Gasteiger partial charge in [-0.3, -0.25) is 0 Å². The van der Waals surface area contributed by atoms with Crippen molar-refractivity contribution in [2.45, 2.75) is 405 Å². The van der Waals surface area contributed by atoms with Gasteiger partial charge in [-0.2, -0.15) is 0 Å². The number of rotatable bonds is 60. The molecule has 0 atom stereocenters. The fourth-order valence-corrected chi connectivity index (χ4v) is 27.2. The normalized spacial score (nSPS) is 12.0. The Morgan fingerprint density at radius 1 is 0.123 bits per heavy atom. The van der Waals surface area contributed by atoms with E-state index in [1.54, 1.807) is 69.1 Å². The van der Waals surface area contributed by atoms with Crippen LogP contribution in [0.15, 0.2) is 0 Å². The zero-order valence-electron chi connectivity index (χ0n) is 46.9. The molecular weight excluding hydrogens is 887 g/mol. The van der Waals surface area contributed by atoms with Crippen LogP contribution in [0.4, 0.5) is 0 Å². The molecule has 0 fully saturated rings. The predicted molar refractivity (Wildman–Crippen MR) is 306 cm³/mol. The van der Waals surface area contributed by atoms with Crippen LogP contribution in [0.1, 0.15) is 387 Å². The Morgan fingerprint density at radius 3 is 0.323 bits per heavy atom. The van der Waals surface area contributed by atoms with Gasteiger partial charge in [0.05, 0.1) is 0 Å². The minimum atomic E-state index is -2.16. The molecule has 0 rings (SSSR count). The van der Waals surface area contributed by atoms with E-state index < -0.39 is 18.4 Å². The van der Waals surface area contributed by atoms with Crippen molar-refractivity contribution in [3.8, 4) is 0 Å². The standard InChI is InChI=1S/4C16H33.Sn/c4*1-3-5-7-9-11-13-15-16-14-12-10-8-6-4-2;/h4*1,3-16H2,2H3;. The average molecular weight is 1020 g/mol. The van der Waals surface area contributed by atoms with Crippen molar-refractivity contribution in [1.29, 1.82) is 0 Å². The van der Waals surface area contributed by atoms with Crippen molar-refractivity contribution in [3.05, 3.63) is 0 Å². The van der Waals surface area contributed by atoms with Gasteiger partial charge in [0.15, 0.2) is 0 Å². The molecule has 0 saturated carbocycles. The second kappa shape index (κ2) is 59.1. The number of hydrogen-bond donors (Lipinski definition) is 0. The summed E-state index contributed by atoms with van der Waals surface area (Å²) in [6.45, 7) is 9.35. The maximum absolute atomic E-state index is 2.34. The summed E-state index contributed by atoms with van der Waals surface area (Å²) in [5, 5.41) is 0. The molecule has 65 heavy (non-hydrogen) atoms. The summed E-state index contributed by atoms with van der Waals surface area (Å²) in [5.74, 6) is 0. The van der Waals surface area contributed by atoms with Crippen LogP contribution in [0.3, 0.4) is 0 Å². The van der Waals surface area contributed by atoms with Gasteiger partial charge in [-0.05, 0) is 0 Å². The van der Waals surface area contributed by atoms with E-state index in [0.29, 0.717) is 0 Å². The summed E-state index contributed by atoms with van der Waals surface area (Å²) >= 11 is -2.16. The van der Waals surface area contributed by atoms with Crippen molar-refractivity contribution in [2.75, 3.05) is 0 Å². The van der Waals surface area contributed by atoms with Crippen LogP contribution < -0.4 is 0 Å². The van der Waals surface area contributed by atoms with Crippen LogP contribution in [0.2, 0.25) is 17.7 Å². The maximum atomic E-state index is 2.34. The second-order valence-electron chi connectivity index (χ2n) is 22.9. The van der Waals surface area contributed by atoms with Gasteiger partial charge in [0, 0.05) is 0 Å². The Morgan fingerprint density at radius 2 is 0.215 bits per heavy atom. The van der Waals surface area contributed by atoms with Crippen molar-refractivity contribution in [2.24, 2.45) is 0 Å². The first-order valence-corrected chi connectivity index (χ1v) is 40.3. The van der Waals surface area contributed by atoms with Crippen LogP contribution >= 0.6 is 0 Å². The van der Waals surface area contributed by atoms with E-state index in [0.717, 1.165) is 0 Å². The molecule has 0 N–H and O–H groups in total. The van der Waals surface area contributed by atoms with Gasteiger partial charge in [0.25, 0.3) is 0 Å². The van der Waals surface area contributed by atoms with Crippen molar-refractivity contribution in [1.82, 2.24) is 0 Å². The van der Waals surface area contributed by atoms with Crippen LogP contribution in [0.5, 0.6) is 0 Å². The minimum absolute atomic E-state index is 1.38. The van der Waals surface area contributed by atoms with Crippen LogP contribution in [0, 0.1) is 0 Å². The van der Waals surface area contributed by atoms with E-state index in [1.165, 1.54) is 308 Å². The third kappa shape index (κ3) is 54.0. The Labute approximate surface area is 420 Å². The van der Waals surface area contributed by atoms with E-state index in [-0.39, 0.29) is 0 Å². The van der Waals surface area contributed by atoms with Gasteiger partial charge in [0.1, 0.15) is 0 Å². The van der Waals surface area contributed by atoms with E-state index in [4.69, 9.17) is 0 Å². The average Bonchev–Trinajstić information content (AvgIpc) is 3.32. The zero-order valence-corrected chi connectivity index (χ0v) is 49.8. The summed E-state index contributed by atoms with van der Waals surface area (Å²) in [7, 11) is 0. The molecule has 0 aromatic heterocycles. The van der Waals surface area contributed by atoms with Gasteiger partial charge in [0.2, 0.25) is 0 Å². The quantitative estimate of drug-likeness (QED) is 0.0421. The Bertz CT molecular complexity index is 670. The molecule has 0 radical (unpaired) electrons. The third-order valence-corrected chi connectivity index (χ3v) is 32.4. The van der Waals surface area contributed by atoms with E-state index in [9.17, 15) is 0 Å². The molecule has 0 saturated heterocycles. The monoisotopic (exact) mass is 1020 g/mol. The number of hydrogen-bond acceptors (Lipinski definition) is 0. The molecular formula is C64H132Sn. The molecule has 0 bridgehead atoms. The van der Waals surface area contributed by atoms with Crippen LogP contribution in [-0.2, 0) is 0 Å². The van der Waals surface area contributed by atoms with Crippen LogP contribution in [-0.4, -0.2) is 18.4 Å². The summed E-state index contributed by atoms with van der Waals surface area (Å²) in [6.07, 6.45) is 84.2. The first-order valence-electron chi connectivity index (χ1n) is 32.2. The topological polar surface area (TPSA) is 0 Å². The molecule has 0 aromatic carbocycles. The SMILES string of the molecule is CCCCCCCCCCCCCCC[CH2][Sn]([CH2]CCCCCCCCCCCCCCC)([CH2]CCCCCCCCCCCCCCC)[CH2]CCCCCCCCCCCCCCC. The second-order valence-corrected chi connectivity index (χ2v) is 37.2. The van der Waals surface area contributed by atoms with Crippen molar-refractivity contribution >= 4 is 18.4 Å². The van der Waals surface area contributed by atoms with Gasteiger partial charge < -0.3 is 0 Å². The summed E-state index contributed by atoms with van der Waals surface area (Å²) < 4.78 is 7.06. The van der Waals surface area contributed by atoms with Crippen LogP contribution in [0.25, 0.3) is 0 Å². The number of unbranched alkanes of at least 4 members (excludes halogenated alkanes) is 52. The smallest absolute Gasteiger partial charge is 0.0654 e. The first kappa shape index (κ1) is 65.8. The van der Waals surface area contributed by atoms with Crippen molar-refractivity contribution in [3.63, 3.8) is 0 Å². The molecule has 0 spiro atoms. The molecule has 0 aliphatic rings. The Kier molecular flexibility index (Phi) is 59.8.